The lowest BCUT2D eigenvalue weighted by atomic mass is 10.4. The van der Waals surface area contributed by atoms with Crippen LogP contribution in [-0.2, 0) is 24.0 Å². The molecule has 0 rings (SSSR count). The van der Waals surface area contributed by atoms with Crippen LogP contribution >= 0.6 is 11.8 Å². The fraction of sp³-hybridized carbons (Fsp3) is 0.583. The number of nitrogens with one attached hydrogen (secondary N) is 3. The van der Waals surface area contributed by atoms with Gasteiger partial charge in [-0.2, -0.15) is 0 Å². The van der Waals surface area contributed by atoms with Crippen LogP contribution in [0.4, 0.5) is 0 Å². The number of hydrogen-bond acceptors (Lipinski definition) is 6. The lowest BCUT2D eigenvalue weighted by molar-refractivity contribution is -0.137. The molecule has 0 aliphatic heterocycles. The SMILES string of the molecule is CC(=O)NCCC(=O)NCC(=O)SC(C)C(=O)NCC(=O)O. The highest BCUT2D eigenvalue weighted by molar-refractivity contribution is 8.14. The predicted molar refractivity (Wildman–Crippen MR) is 79.0 cm³/mol. The Kier molecular flexibility index (Phi) is 9.59. The van der Waals surface area contributed by atoms with Crippen molar-refractivity contribution >= 4 is 40.6 Å². The van der Waals surface area contributed by atoms with Gasteiger partial charge in [0.2, 0.25) is 22.8 Å². The van der Waals surface area contributed by atoms with Crippen LogP contribution in [-0.4, -0.2) is 58.8 Å². The average molecular weight is 333 g/mol. The molecule has 0 aromatic carbocycles. The molecule has 0 saturated heterocycles. The van der Waals surface area contributed by atoms with Crippen LogP contribution in [0, 0.1) is 0 Å². The molecule has 124 valence electrons. The lowest BCUT2D eigenvalue weighted by Gasteiger charge is -2.10. The molecule has 0 fully saturated rings. The monoisotopic (exact) mass is 333 g/mol. The van der Waals surface area contributed by atoms with Crippen LogP contribution in [0.3, 0.4) is 0 Å². The maximum Gasteiger partial charge on any atom is 0.322 e. The van der Waals surface area contributed by atoms with Crippen molar-refractivity contribution in [2.45, 2.75) is 25.5 Å². The second-order valence-electron chi connectivity index (χ2n) is 4.25. The van der Waals surface area contributed by atoms with Crippen molar-refractivity contribution in [1.29, 1.82) is 0 Å². The van der Waals surface area contributed by atoms with Crippen molar-refractivity contribution in [3.8, 4) is 0 Å². The molecule has 10 heteroatoms. The number of carbonyl (C=O) groups is 5. The van der Waals surface area contributed by atoms with E-state index in [0.29, 0.717) is 11.8 Å². The van der Waals surface area contributed by atoms with Gasteiger partial charge < -0.3 is 21.1 Å². The molecule has 22 heavy (non-hydrogen) atoms. The molecule has 0 radical (unpaired) electrons. The zero-order valence-electron chi connectivity index (χ0n) is 12.3. The largest absolute Gasteiger partial charge is 0.480 e. The topological polar surface area (TPSA) is 142 Å². The maximum absolute atomic E-state index is 11.6. The summed E-state index contributed by atoms with van der Waals surface area (Å²) in [5.41, 5.74) is 0. The molecule has 0 aromatic rings. The molecule has 0 aromatic heterocycles. The molecule has 0 bridgehead atoms. The molecule has 9 nitrogen and oxygen atoms in total. The van der Waals surface area contributed by atoms with Crippen molar-refractivity contribution in [1.82, 2.24) is 16.0 Å². The summed E-state index contributed by atoms with van der Waals surface area (Å²) < 4.78 is 0. The van der Waals surface area contributed by atoms with Crippen molar-refractivity contribution < 1.29 is 29.1 Å². The van der Waals surface area contributed by atoms with E-state index < -0.39 is 34.7 Å². The van der Waals surface area contributed by atoms with Crippen molar-refractivity contribution in [2.24, 2.45) is 0 Å². The first-order chi connectivity index (χ1) is 10.2. The minimum absolute atomic E-state index is 0.0478. The number of rotatable bonds is 9. The number of thioether (sulfide) groups is 1. The summed E-state index contributed by atoms with van der Waals surface area (Å²) in [7, 11) is 0. The number of carboxylic acids is 1. The van der Waals surface area contributed by atoms with Crippen LogP contribution in [0.5, 0.6) is 0 Å². The Morgan fingerprint density at radius 2 is 1.68 bits per heavy atom. The van der Waals surface area contributed by atoms with Crippen LogP contribution in [0.1, 0.15) is 20.3 Å². The predicted octanol–water partition coefficient (Wildman–Crippen LogP) is -1.52. The van der Waals surface area contributed by atoms with Gasteiger partial charge in [0, 0.05) is 19.9 Å². The Balaban J connectivity index is 3.92. The highest BCUT2D eigenvalue weighted by Gasteiger charge is 2.18. The fourth-order valence-corrected chi connectivity index (χ4v) is 1.95. The van der Waals surface area contributed by atoms with E-state index in [9.17, 15) is 24.0 Å². The molecule has 4 N–H and O–H groups in total. The summed E-state index contributed by atoms with van der Waals surface area (Å²) in [5, 5.41) is 14.2. The molecular formula is C12H19N3O6S. The first-order valence-electron chi connectivity index (χ1n) is 6.42. The number of carboxylic acid groups (broad SMARTS) is 1. The van der Waals surface area contributed by atoms with Gasteiger partial charge in [-0.25, -0.2) is 0 Å². The Morgan fingerprint density at radius 1 is 1.05 bits per heavy atom. The molecule has 3 amide bonds. The molecule has 0 heterocycles. The number of aliphatic carboxylic acids is 1. The zero-order chi connectivity index (χ0) is 17.1. The van der Waals surface area contributed by atoms with Crippen molar-refractivity contribution in [3.63, 3.8) is 0 Å². The standard InChI is InChI=1S/C12H19N3O6S/c1-7(12(21)15-5-10(18)19)22-11(20)6-14-9(17)3-4-13-8(2)16/h7H,3-6H2,1-2H3,(H,13,16)(H,14,17)(H,15,21)(H,18,19). The maximum atomic E-state index is 11.6. The molecule has 0 aliphatic rings. The molecular weight excluding hydrogens is 314 g/mol. The van der Waals surface area contributed by atoms with E-state index in [2.05, 4.69) is 16.0 Å². The van der Waals surface area contributed by atoms with E-state index >= 15 is 0 Å². The van der Waals surface area contributed by atoms with Gasteiger partial charge in [0.25, 0.3) is 0 Å². The van der Waals surface area contributed by atoms with Gasteiger partial charge in [-0.05, 0) is 6.92 Å². The summed E-state index contributed by atoms with van der Waals surface area (Å²) in [6, 6.07) is 0. The van der Waals surface area contributed by atoms with E-state index in [4.69, 9.17) is 5.11 Å². The van der Waals surface area contributed by atoms with Gasteiger partial charge >= 0.3 is 5.97 Å². The summed E-state index contributed by atoms with van der Waals surface area (Å²) in [6.07, 6.45) is 0.0478. The Labute approximate surface area is 131 Å². The van der Waals surface area contributed by atoms with Gasteiger partial charge in [-0.1, -0.05) is 11.8 Å². The van der Waals surface area contributed by atoms with Crippen molar-refractivity contribution in [3.05, 3.63) is 0 Å². The Bertz CT molecular complexity index is 454. The summed E-state index contributed by atoms with van der Waals surface area (Å²) >= 11 is 0.702. The second kappa shape index (κ2) is 10.6. The zero-order valence-corrected chi connectivity index (χ0v) is 13.1. The normalized spacial score (nSPS) is 11.2. The summed E-state index contributed by atoms with van der Waals surface area (Å²) in [5.74, 6) is -2.40. The smallest absolute Gasteiger partial charge is 0.322 e. The van der Waals surface area contributed by atoms with E-state index in [1.807, 2.05) is 0 Å². The Morgan fingerprint density at radius 3 is 2.23 bits per heavy atom. The summed E-state index contributed by atoms with van der Waals surface area (Å²) in [6.45, 7) is 2.20. The van der Waals surface area contributed by atoms with Crippen LogP contribution in [0.25, 0.3) is 0 Å². The van der Waals surface area contributed by atoms with Crippen LogP contribution in [0.2, 0.25) is 0 Å². The molecule has 0 spiro atoms. The van der Waals surface area contributed by atoms with E-state index in [1.54, 1.807) is 0 Å². The summed E-state index contributed by atoms with van der Waals surface area (Å²) in [4.78, 5) is 55.3. The molecule has 1 unspecified atom stereocenters. The number of carbonyl (C=O) groups excluding carboxylic acids is 4. The first-order valence-corrected chi connectivity index (χ1v) is 7.30. The third-order valence-electron chi connectivity index (χ3n) is 2.25. The fourth-order valence-electron chi connectivity index (χ4n) is 1.21. The van der Waals surface area contributed by atoms with Crippen LogP contribution in [0.15, 0.2) is 0 Å². The van der Waals surface area contributed by atoms with Gasteiger partial charge in [0.15, 0.2) is 0 Å². The van der Waals surface area contributed by atoms with E-state index in [1.165, 1.54) is 13.8 Å². The van der Waals surface area contributed by atoms with Gasteiger partial charge in [-0.3, -0.25) is 24.0 Å². The van der Waals surface area contributed by atoms with Gasteiger partial charge in [0.1, 0.15) is 6.54 Å². The minimum Gasteiger partial charge on any atom is -0.480 e. The third kappa shape index (κ3) is 10.7. The number of hydrogen-bond donors (Lipinski definition) is 4. The minimum atomic E-state index is -1.18. The molecule has 0 aliphatic carbocycles. The van der Waals surface area contributed by atoms with E-state index in [0.717, 1.165) is 0 Å². The Hall–Kier alpha value is -2.10. The lowest BCUT2D eigenvalue weighted by Crippen LogP contribution is -2.36. The molecule has 0 saturated carbocycles. The van der Waals surface area contributed by atoms with Gasteiger partial charge in [0.05, 0.1) is 11.8 Å². The first kappa shape index (κ1) is 19.9. The average Bonchev–Trinajstić information content (AvgIpc) is 2.41. The molecule has 1 atom stereocenters. The number of amides is 3. The highest BCUT2D eigenvalue weighted by Crippen LogP contribution is 2.10. The van der Waals surface area contributed by atoms with E-state index in [-0.39, 0.29) is 25.4 Å². The highest BCUT2D eigenvalue weighted by atomic mass is 32.2. The quantitative estimate of drug-likeness (QED) is 0.401. The van der Waals surface area contributed by atoms with Crippen molar-refractivity contribution in [2.75, 3.05) is 19.6 Å². The second-order valence-corrected chi connectivity index (χ2v) is 5.65. The third-order valence-corrected chi connectivity index (χ3v) is 3.22. The van der Waals surface area contributed by atoms with Gasteiger partial charge in [-0.15, -0.1) is 0 Å². The van der Waals surface area contributed by atoms with Crippen LogP contribution < -0.4 is 16.0 Å².